The normalized spacial score (nSPS) is 28.0. The predicted molar refractivity (Wildman–Crippen MR) is 87.5 cm³/mol. The molecule has 1 heterocycles. The van der Waals surface area contributed by atoms with E-state index < -0.39 is 10.0 Å². The molecule has 0 aromatic carbocycles. The summed E-state index contributed by atoms with van der Waals surface area (Å²) in [7, 11) is -0.489. The number of amides is 1. The molecule has 0 spiro atoms. The maximum absolute atomic E-state index is 12.5. The van der Waals surface area contributed by atoms with Crippen molar-refractivity contribution in [3.8, 4) is 0 Å². The molecule has 23 heavy (non-hydrogen) atoms. The number of hydrogen-bond acceptors (Lipinski definition) is 3. The van der Waals surface area contributed by atoms with Crippen LogP contribution in [0.25, 0.3) is 0 Å². The Morgan fingerprint density at radius 2 is 2.09 bits per heavy atom. The Morgan fingerprint density at radius 1 is 1.35 bits per heavy atom. The number of carbonyl (C=O) groups is 1. The topological polar surface area (TPSA) is 80.2 Å². The molecule has 6 nitrogen and oxygen atoms in total. The first-order chi connectivity index (χ1) is 10.8. The molecular weight excluding hydrogens is 314 g/mol. The smallest absolute Gasteiger partial charge is 0.268 e. The Bertz CT molecular complexity index is 710. The molecule has 0 aliphatic heterocycles. The lowest BCUT2D eigenvalue weighted by molar-refractivity contribution is 0.0907. The third kappa shape index (κ3) is 3.04. The van der Waals surface area contributed by atoms with Gasteiger partial charge in [-0.1, -0.05) is 6.42 Å². The van der Waals surface area contributed by atoms with E-state index in [2.05, 4.69) is 17.0 Å². The van der Waals surface area contributed by atoms with Crippen LogP contribution < -0.4 is 10.0 Å². The Kier molecular flexibility index (Phi) is 4.27. The summed E-state index contributed by atoms with van der Waals surface area (Å²) in [6.45, 7) is 2.07. The lowest BCUT2D eigenvalue weighted by Crippen LogP contribution is -2.40. The highest BCUT2D eigenvalue weighted by molar-refractivity contribution is 7.89. The van der Waals surface area contributed by atoms with Crippen molar-refractivity contribution < 1.29 is 13.2 Å². The molecule has 0 saturated heterocycles. The van der Waals surface area contributed by atoms with Gasteiger partial charge in [-0.2, -0.15) is 0 Å². The second kappa shape index (κ2) is 5.94. The van der Waals surface area contributed by atoms with Crippen molar-refractivity contribution >= 4 is 15.9 Å². The molecule has 2 bridgehead atoms. The van der Waals surface area contributed by atoms with E-state index in [4.69, 9.17) is 0 Å². The van der Waals surface area contributed by atoms with Crippen LogP contribution >= 0.6 is 0 Å². The van der Waals surface area contributed by atoms with Gasteiger partial charge in [-0.25, -0.2) is 13.1 Å². The average Bonchev–Trinajstić information content (AvgIpc) is 3.21. The second-order valence-electron chi connectivity index (χ2n) is 6.98. The van der Waals surface area contributed by atoms with E-state index in [1.165, 1.54) is 45.0 Å². The lowest BCUT2D eigenvalue weighted by Gasteiger charge is -2.28. The van der Waals surface area contributed by atoms with Crippen LogP contribution in [0.2, 0.25) is 0 Å². The molecule has 3 rings (SSSR count). The summed E-state index contributed by atoms with van der Waals surface area (Å²) in [6, 6.07) is 1.55. The van der Waals surface area contributed by atoms with Gasteiger partial charge in [0.05, 0.1) is 0 Å². The molecule has 7 heteroatoms. The maximum Gasteiger partial charge on any atom is 0.268 e. The zero-order valence-electron chi connectivity index (χ0n) is 13.9. The predicted octanol–water partition coefficient (Wildman–Crippen LogP) is 1.49. The minimum atomic E-state index is -3.54. The van der Waals surface area contributed by atoms with E-state index in [0.29, 0.717) is 11.6 Å². The lowest BCUT2D eigenvalue weighted by atomic mass is 9.84. The van der Waals surface area contributed by atoms with Crippen LogP contribution in [0.4, 0.5) is 0 Å². The van der Waals surface area contributed by atoms with Crippen molar-refractivity contribution in [2.45, 2.75) is 43.5 Å². The van der Waals surface area contributed by atoms with Crippen molar-refractivity contribution in [1.29, 1.82) is 0 Å². The molecule has 2 saturated carbocycles. The molecule has 2 aliphatic carbocycles. The number of fused-ring (bicyclic) bond motifs is 2. The van der Waals surface area contributed by atoms with Crippen molar-refractivity contribution in [2.24, 2.45) is 24.8 Å². The third-order valence-electron chi connectivity index (χ3n) is 5.59. The SMILES string of the molecule is CNS(=O)(=O)c1cc(C(=O)N[C@@H](C)[C@@H]2C[C@H]3CC[C@H]2C3)n(C)c1. The minimum Gasteiger partial charge on any atom is -0.348 e. The second-order valence-corrected chi connectivity index (χ2v) is 8.87. The highest BCUT2D eigenvalue weighted by Crippen LogP contribution is 2.49. The van der Waals surface area contributed by atoms with Crippen LogP contribution in [0.5, 0.6) is 0 Å². The van der Waals surface area contributed by atoms with Crippen LogP contribution in [-0.4, -0.2) is 32.0 Å². The number of hydrogen-bond donors (Lipinski definition) is 2. The standard InChI is InChI=1S/C16H25N3O3S/c1-10(14-7-11-4-5-12(14)6-11)18-16(20)15-8-13(9-19(15)3)23(21,22)17-2/h8-12,14,17H,4-7H2,1-3H3,(H,18,20)/t10-,11-,12-,14-/m0/s1. The van der Waals surface area contributed by atoms with Gasteiger partial charge in [-0.15, -0.1) is 0 Å². The van der Waals surface area contributed by atoms with Crippen LogP contribution in [0, 0.1) is 17.8 Å². The molecule has 0 radical (unpaired) electrons. The molecule has 128 valence electrons. The summed E-state index contributed by atoms with van der Waals surface area (Å²) in [4.78, 5) is 12.6. The van der Waals surface area contributed by atoms with Crippen LogP contribution in [0.1, 0.15) is 43.1 Å². The molecule has 1 aromatic heterocycles. The fourth-order valence-corrected chi connectivity index (χ4v) is 5.12. The Morgan fingerprint density at radius 3 is 2.65 bits per heavy atom. The molecule has 2 aliphatic rings. The van der Waals surface area contributed by atoms with Gasteiger partial charge < -0.3 is 9.88 Å². The number of rotatable bonds is 5. The first-order valence-electron chi connectivity index (χ1n) is 8.22. The van der Waals surface area contributed by atoms with Gasteiger partial charge in [-0.3, -0.25) is 4.79 Å². The van der Waals surface area contributed by atoms with Crippen LogP contribution in [-0.2, 0) is 17.1 Å². The van der Waals surface area contributed by atoms with Gasteiger partial charge in [0.25, 0.3) is 5.91 Å². The summed E-state index contributed by atoms with van der Waals surface area (Å²) >= 11 is 0. The average molecular weight is 339 g/mol. The summed E-state index contributed by atoms with van der Waals surface area (Å²) in [5.41, 5.74) is 0.369. The first-order valence-corrected chi connectivity index (χ1v) is 9.71. The van der Waals surface area contributed by atoms with E-state index in [1.807, 2.05) is 0 Å². The number of nitrogens with one attached hydrogen (secondary N) is 2. The van der Waals surface area contributed by atoms with E-state index in [9.17, 15) is 13.2 Å². The van der Waals surface area contributed by atoms with Gasteiger partial charge >= 0.3 is 0 Å². The van der Waals surface area contributed by atoms with E-state index >= 15 is 0 Å². The Labute approximate surface area is 137 Å². The highest BCUT2D eigenvalue weighted by atomic mass is 32.2. The van der Waals surface area contributed by atoms with E-state index in [1.54, 1.807) is 11.6 Å². The molecule has 0 unspecified atom stereocenters. The first kappa shape index (κ1) is 16.5. The number of nitrogens with zero attached hydrogens (tertiary/aromatic N) is 1. The van der Waals surface area contributed by atoms with Crippen LogP contribution in [0.3, 0.4) is 0 Å². The van der Waals surface area contributed by atoms with Gasteiger partial charge in [0.2, 0.25) is 10.0 Å². The van der Waals surface area contributed by atoms with Gasteiger partial charge in [0.15, 0.2) is 0 Å². The van der Waals surface area contributed by atoms with E-state index in [-0.39, 0.29) is 16.8 Å². The van der Waals surface area contributed by atoms with Gasteiger partial charge in [0, 0.05) is 19.3 Å². The van der Waals surface area contributed by atoms with Gasteiger partial charge in [-0.05, 0) is 57.1 Å². The van der Waals surface area contributed by atoms with E-state index in [0.717, 1.165) is 11.8 Å². The fraction of sp³-hybridized carbons (Fsp3) is 0.688. The summed E-state index contributed by atoms with van der Waals surface area (Å²) < 4.78 is 27.5. The molecule has 1 aromatic rings. The molecular formula is C16H25N3O3S. The van der Waals surface area contributed by atoms with Crippen LogP contribution in [0.15, 0.2) is 17.2 Å². The highest BCUT2D eigenvalue weighted by Gasteiger charge is 2.42. The third-order valence-corrected chi connectivity index (χ3v) is 6.97. The zero-order chi connectivity index (χ0) is 16.8. The quantitative estimate of drug-likeness (QED) is 0.853. The van der Waals surface area contributed by atoms with Gasteiger partial charge in [0.1, 0.15) is 10.6 Å². The minimum absolute atomic E-state index is 0.111. The Hall–Kier alpha value is -1.34. The summed E-state index contributed by atoms with van der Waals surface area (Å²) in [6.07, 6.45) is 6.59. The number of aryl methyl sites for hydroxylation is 1. The monoisotopic (exact) mass is 339 g/mol. The number of carbonyl (C=O) groups excluding carboxylic acids is 1. The Balaban J connectivity index is 1.71. The van der Waals surface area contributed by atoms with Crippen molar-refractivity contribution in [3.05, 3.63) is 18.0 Å². The summed E-state index contributed by atoms with van der Waals surface area (Å²) in [5.74, 6) is 1.93. The maximum atomic E-state index is 12.5. The largest absolute Gasteiger partial charge is 0.348 e. The number of aromatic nitrogens is 1. The van der Waals surface area contributed by atoms with Crippen molar-refractivity contribution in [1.82, 2.24) is 14.6 Å². The molecule has 2 fully saturated rings. The number of sulfonamides is 1. The van der Waals surface area contributed by atoms with Crippen molar-refractivity contribution in [2.75, 3.05) is 7.05 Å². The molecule has 2 N–H and O–H groups in total. The molecule has 4 atom stereocenters. The molecule has 1 amide bonds. The summed E-state index contributed by atoms with van der Waals surface area (Å²) in [5, 5.41) is 3.07. The van der Waals surface area contributed by atoms with Crippen molar-refractivity contribution in [3.63, 3.8) is 0 Å². The fourth-order valence-electron chi connectivity index (χ4n) is 4.32. The zero-order valence-corrected chi connectivity index (χ0v) is 14.7.